The fraction of sp³-hybridized carbons (Fsp3) is 0. The van der Waals surface area contributed by atoms with E-state index in [0.29, 0.717) is 0 Å². The maximum absolute atomic E-state index is 2.76. The summed E-state index contributed by atoms with van der Waals surface area (Å²) in [6, 6.07) is 74.7. The maximum atomic E-state index is 2.76. The second-order valence-electron chi connectivity index (χ2n) is 30.8. The van der Waals surface area contributed by atoms with Crippen LogP contribution >= 0.6 is 0 Å². The molecule has 0 saturated heterocycles. The van der Waals surface area contributed by atoms with Crippen LogP contribution in [0.4, 0.5) is 0 Å². The molecule has 0 amide bonds. The molecule has 0 heterocycles. The average molecular weight is 1180 g/mol. The van der Waals surface area contributed by atoms with E-state index < -0.39 is 0 Å². The van der Waals surface area contributed by atoms with Gasteiger partial charge in [-0.3, -0.25) is 0 Å². The Morgan fingerprint density at radius 3 is 0.281 bits per heavy atom. The topological polar surface area (TPSA) is 0 Å². The van der Waals surface area contributed by atoms with Crippen LogP contribution in [0, 0.1) is 0 Å². The molecule has 34 aromatic rings. The molecule has 414 valence electrons. The van der Waals surface area contributed by atoms with E-state index in [-0.39, 0.29) is 0 Å². The first-order valence-corrected chi connectivity index (χ1v) is 34.7. The molecule has 0 aliphatic rings. The summed E-state index contributed by atoms with van der Waals surface area (Å²) in [4.78, 5) is 0. The Kier molecular flexibility index (Phi) is 5.15. The molecule has 0 fully saturated rings. The van der Waals surface area contributed by atoms with Gasteiger partial charge in [-0.1, -0.05) is 164 Å². The molecule has 0 aromatic heterocycles. The molecule has 0 aliphatic heterocycles. The van der Waals surface area contributed by atoms with Gasteiger partial charge in [0.25, 0.3) is 0 Å². The first-order valence-electron chi connectivity index (χ1n) is 34.7. The van der Waals surface area contributed by atoms with Crippen molar-refractivity contribution in [3.63, 3.8) is 0 Å². The highest BCUT2D eigenvalue weighted by Crippen LogP contribution is 2.72. The molecule has 0 radical (unpaired) electrons. The molecule has 0 N–H and O–H groups in total. The fourth-order valence-corrected chi connectivity index (χ4v) is 26.1. The third kappa shape index (κ3) is 3.28. The Labute approximate surface area is 533 Å². The van der Waals surface area contributed by atoms with Crippen molar-refractivity contribution in [2.45, 2.75) is 0 Å². The number of rotatable bonds is 0. The van der Waals surface area contributed by atoms with Gasteiger partial charge in [-0.05, 0) is 374 Å². The van der Waals surface area contributed by atoms with Crippen LogP contribution in [0.2, 0.25) is 0 Å². The largest absolute Gasteiger partial charge is 0.0610 e. The highest BCUT2D eigenvalue weighted by atomic mass is 14.4. The zero-order chi connectivity index (χ0) is 59.3. The third-order valence-corrected chi connectivity index (χ3v) is 28.3. The van der Waals surface area contributed by atoms with Crippen molar-refractivity contribution in [3.05, 3.63) is 182 Å². The summed E-state index contributed by atoms with van der Waals surface area (Å²) in [5.41, 5.74) is 0. The quantitative estimate of drug-likeness (QED) is 0.105. The van der Waals surface area contributed by atoms with Crippen LogP contribution in [0.25, 0.3) is 355 Å². The van der Waals surface area contributed by atoms with Crippen LogP contribution in [-0.2, 0) is 0 Å². The van der Waals surface area contributed by atoms with Gasteiger partial charge in [0.05, 0.1) is 0 Å². The van der Waals surface area contributed by atoms with Crippen LogP contribution < -0.4 is 0 Å². The molecule has 0 nitrogen and oxygen atoms in total. The zero-order valence-corrected chi connectivity index (χ0v) is 50.3. The zero-order valence-electron chi connectivity index (χ0n) is 50.3. The molecule has 0 atom stereocenters. The Morgan fingerprint density at radius 1 is 0.0729 bits per heavy atom. The number of fused-ring (bicyclic) bond motifs is 12. The van der Waals surface area contributed by atoms with Crippen molar-refractivity contribution in [2.75, 3.05) is 0 Å². The summed E-state index contributed by atoms with van der Waals surface area (Å²) in [7, 11) is 0. The molecule has 0 aliphatic carbocycles. The number of hydrogen-bond acceptors (Lipinski definition) is 0. The number of benzene rings is 34. The maximum Gasteiger partial charge on any atom is -0.0000000175 e. The van der Waals surface area contributed by atoms with Gasteiger partial charge in [-0.25, -0.2) is 0 Å². The van der Waals surface area contributed by atoms with E-state index >= 15 is 0 Å². The van der Waals surface area contributed by atoms with E-state index in [4.69, 9.17) is 0 Å². The summed E-state index contributed by atoms with van der Waals surface area (Å²) < 4.78 is 0. The minimum atomic E-state index is 1.37. The van der Waals surface area contributed by atoms with Gasteiger partial charge in [0.2, 0.25) is 0 Å². The lowest BCUT2D eigenvalue weighted by atomic mass is 9.65. The average Bonchev–Trinajstić information content (AvgIpc) is 0.612. The molecule has 0 unspecified atom stereocenters. The molecule has 0 spiro atoms. The smallest absolute Gasteiger partial charge is 0.0000000175 e. The normalized spacial score (nSPS) is 14.9. The minimum absolute atomic E-state index is 1.37. The molecule has 0 heteroatoms. The molecule has 96 heavy (non-hydrogen) atoms. The molecular formula is C96H30. The highest BCUT2D eigenvalue weighted by Gasteiger charge is 2.43. The van der Waals surface area contributed by atoms with Crippen LogP contribution in [0.3, 0.4) is 0 Å². The van der Waals surface area contributed by atoms with Crippen LogP contribution in [0.15, 0.2) is 182 Å². The Morgan fingerprint density at radius 2 is 0.156 bits per heavy atom. The van der Waals surface area contributed by atoms with E-state index in [9.17, 15) is 0 Å². The predicted octanol–water partition coefficient (Wildman–Crippen LogP) is 27.9. The summed E-state index contributed by atoms with van der Waals surface area (Å²) in [6.45, 7) is 0. The molecule has 34 aromatic carbocycles. The van der Waals surface area contributed by atoms with Crippen molar-refractivity contribution >= 4 is 355 Å². The Bertz CT molecular complexity index is 8330. The lowest BCUT2D eigenvalue weighted by Crippen LogP contribution is -2.07. The van der Waals surface area contributed by atoms with Crippen LogP contribution in [-0.4, -0.2) is 0 Å². The van der Waals surface area contributed by atoms with Crippen molar-refractivity contribution < 1.29 is 0 Å². The van der Waals surface area contributed by atoms with E-state index in [1.54, 1.807) is 0 Å². The van der Waals surface area contributed by atoms with E-state index in [1.165, 1.54) is 355 Å². The standard InChI is InChI=1S/C96H30/c1-10-31-37-16-4-22-43-49-28-51-45-24-6-18-39-33-12-2-14-35-41-20-8-26-47-53-30-54-48-27-9-21-42-36-15-3-13-34-40-19-7-25-46-52-29-50-44-23-5-17-38-32(11-1)55(31)70-73(58(37)43)82-64(49)79-66(51)84-75(60(39)45)71(56(33)35)77(62(41)47)86-68(53)81-69(54)87-78(63(42)48)72(57(34)36)76(61(40)46)85-67(52)80-65(50)83(74(70)59(38)44)91(82)94-88(79)95(92(84)86)90(81)96(89(80)94)93(85)87/h1-30H. The lowest BCUT2D eigenvalue weighted by molar-refractivity contribution is 1.82. The SMILES string of the molecule is c1cc2c3cccc4c5cc6c7cccc8c9cccc%10c%11cccc%12c%13cc%14c%15cccc%16c%17cccc%18c%19cccc%20c%21cc%22c%23cccc%24c(c1)c2c1c(c34)c2c5c3c6c4c(c87)c(c9%10)c(c%11%12)c5c%13c6c%14c7c(c%16%15)c(c%18%17)c(c%19%20)c8c%21c9c%22c(c1c%24%23)c2c1c3c(c45)c6c(c87)c91. The monoisotopic (exact) mass is 1180 g/mol. The van der Waals surface area contributed by atoms with E-state index in [0.717, 1.165) is 0 Å². The van der Waals surface area contributed by atoms with Gasteiger partial charge >= 0.3 is 0 Å². The van der Waals surface area contributed by atoms with Crippen molar-refractivity contribution in [1.82, 2.24) is 0 Å². The van der Waals surface area contributed by atoms with Crippen molar-refractivity contribution in [2.24, 2.45) is 0 Å². The minimum Gasteiger partial charge on any atom is -0.0610 e. The summed E-state index contributed by atoms with van der Waals surface area (Å²) in [5, 5.41) is 95.3. The van der Waals surface area contributed by atoms with Crippen molar-refractivity contribution in [3.8, 4) is 0 Å². The molecule has 0 saturated carbocycles. The summed E-state index contributed by atoms with van der Waals surface area (Å²) >= 11 is 0. The fourth-order valence-electron chi connectivity index (χ4n) is 26.1. The molecule has 0 bridgehead atoms. The van der Waals surface area contributed by atoms with Gasteiger partial charge < -0.3 is 0 Å². The van der Waals surface area contributed by atoms with Gasteiger partial charge in [-0.2, -0.15) is 0 Å². The molecule has 34 rings (SSSR count). The Hall–Kier alpha value is -12.5. The third-order valence-electron chi connectivity index (χ3n) is 28.3. The molecular weight excluding hydrogens is 1150 g/mol. The van der Waals surface area contributed by atoms with E-state index in [2.05, 4.69) is 182 Å². The highest BCUT2D eigenvalue weighted by molar-refractivity contribution is 6.75. The summed E-state index contributed by atoms with van der Waals surface area (Å²) in [6.07, 6.45) is 0. The van der Waals surface area contributed by atoms with Gasteiger partial charge in [0.1, 0.15) is 0 Å². The van der Waals surface area contributed by atoms with Crippen LogP contribution in [0.1, 0.15) is 0 Å². The van der Waals surface area contributed by atoms with Gasteiger partial charge in [0.15, 0.2) is 0 Å². The van der Waals surface area contributed by atoms with E-state index in [1.807, 2.05) is 0 Å². The number of hydrogen-bond donors (Lipinski definition) is 0. The lowest BCUT2D eigenvalue weighted by Gasteiger charge is -2.36. The Balaban J connectivity index is 1.04. The first-order chi connectivity index (χ1) is 47.8. The van der Waals surface area contributed by atoms with Gasteiger partial charge in [-0.15, -0.1) is 0 Å². The van der Waals surface area contributed by atoms with Crippen LogP contribution in [0.5, 0.6) is 0 Å². The second-order valence-corrected chi connectivity index (χ2v) is 30.8. The first kappa shape index (κ1) is 41.9. The van der Waals surface area contributed by atoms with Crippen molar-refractivity contribution in [1.29, 1.82) is 0 Å². The van der Waals surface area contributed by atoms with Gasteiger partial charge in [0, 0.05) is 0 Å². The predicted molar refractivity (Wildman–Crippen MR) is 419 cm³/mol. The second kappa shape index (κ2) is 11.8. The summed E-state index contributed by atoms with van der Waals surface area (Å²) in [5.74, 6) is 0.